The Hall–Kier alpha value is -0.850. The van der Waals surface area contributed by atoms with E-state index in [1.807, 2.05) is 0 Å². The molecule has 1 heterocycles. The Bertz CT molecular complexity index is 433. The van der Waals surface area contributed by atoms with Crippen LogP contribution in [0, 0.1) is 0 Å². The number of nitrogens with zero attached hydrogens (tertiary/aromatic N) is 1. The lowest BCUT2D eigenvalue weighted by Crippen LogP contribution is -2.29. The fraction of sp³-hybridized carbons (Fsp3) is 0.364. The number of hydrogen-bond acceptors (Lipinski definition) is 3. The number of amides is 2. The highest BCUT2D eigenvalue weighted by Gasteiger charge is 2.13. The summed E-state index contributed by atoms with van der Waals surface area (Å²) in [6.45, 7) is 0.671. The van der Waals surface area contributed by atoms with E-state index in [2.05, 4.69) is 31.5 Å². The Morgan fingerprint density at radius 2 is 1.47 bits per heavy atom. The third-order valence-corrected chi connectivity index (χ3v) is 2.85. The first kappa shape index (κ1) is 16.2. The Labute approximate surface area is 129 Å². The van der Waals surface area contributed by atoms with Crippen LogP contribution < -0.4 is 10.6 Å². The van der Waals surface area contributed by atoms with E-state index >= 15 is 0 Å². The van der Waals surface area contributed by atoms with Gasteiger partial charge in [0, 0.05) is 29.3 Å². The van der Waals surface area contributed by atoms with Gasteiger partial charge >= 0.3 is 0 Å². The number of alkyl halides is 2. The van der Waals surface area contributed by atoms with Gasteiger partial charge in [0.25, 0.3) is 11.8 Å². The zero-order valence-corrected chi connectivity index (χ0v) is 13.0. The third-order valence-electron chi connectivity index (χ3n) is 2.02. The average molecular weight is 369 g/mol. The van der Waals surface area contributed by atoms with Gasteiger partial charge in [0.05, 0.1) is 0 Å². The van der Waals surface area contributed by atoms with Gasteiger partial charge in [-0.3, -0.25) is 9.59 Å². The normalized spacial score (nSPS) is 10.1. The lowest BCUT2D eigenvalue weighted by atomic mass is 10.2. The van der Waals surface area contributed by atoms with E-state index in [1.54, 1.807) is 0 Å². The molecule has 0 fully saturated rings. The fourth-order valence-corrected chi connectivity index (χ4v) is 1.86. The zero-order valence-electron chi connectivity index (χ0n) is 9.88. The summed E-state index contributed by atoms with van der Waals surface area (Å²) in [6, 6.07) is 3.06. The lowest BCUT2D eigenvalue weighted by molar-refractivity contribution is 0.0946. The topological polar surface area (TPSA) is 71.1 Å². The molecule has 0 unspecified atom stereocenters. The van der Waals surface area contributed by atoms with Gasteiger partial charge < -0.3 is 10.6 Å². The van der Waals surface area contributed by atoms with Crippen LogP contribution in [0.25, 0.3) is 0 Å². The van der Waals surface area contributed by atoms with E-state index in [0.29, 0.717) is 29.3 Å². The molecule has 0 atom stereocenters. The number of nitrogens with one attached hydrogen (secondary N) is 2. The van der Waals surface area contributed by atoms with Crippen LogP contribution in [-0.4, -0.2) is 41.6 Å². The summed E-state index contributed by atoms with van der Waals surface area (Å²) in [5, 5.41) is 5.16. The molecule has 0 bridgehead atoms. The number of hydrogen-bond donors (Lipinski definition) is 2. The van der Waals surface area contributed by atoms with Crippen LogP contribution in [0.1, 0.15) is 21.0 Å². The largest absolute Gasteiger partial charge is 0.350 e. The Kier molecular flexibility index (Phi) is 7.12. The first-order valence-electron chi connectivity index (χ1n) is 5.44. The minimum atomic E-state index is -0.381. The van der Waals surface area contributed by atoms with Crippen molar-refractivity contribution in [2.24, 2.45) is 0 Å². The molecule has 0 aliphatic carbocycles. The van der Waals surface area contributed by atoms with Crippen molar-refractivity contribution < 1.29 is 9.59 Å². The van der Waals surface area contributed by atoms with Crippen molar-refractivity contribution in [3.63, 3.8) is 0 Å². The van der Waals surface area contributed by atoms with Crippen LogP contribution in [0.3, 0.4) is 0 Å². The lowest BCUT2D eigenvalue weighted by Gasteiger charge is -2.06. The number of halogens is 3. The standard InChI is InChI=1S/C11H12BrCl2N3O2/c12-7-5-8(10(18)15-3-1-13)17-9(6-7)11(19)16-4-2-14/h5-6H,1-4H2,(H,15,18)(H,16,19). The maximum absolute atomic E-state index is 11.7. The van der Waals surface area contributed by atoms with Gasteiger partial charge in [-0.05, 0) is 12.1 Å². The molecule has 5 nitrogen and oxygen atoms in total. The number of carbonyl (C=O) groups is 2. The highest BCUT2D eigenvalue weighted by atomic mass is 79.9. The molecule has 0 radical (unpaired) electrons. The molecule has 0 aliphatic heterocycles. The van der Waals surface area contributed by atoms with Crippen LogP contribution in [0.2, 0.25) is 0 Å². The van der Waals surface area contributed by atoms with Crippen LogP contribution in [0.15, 0.2) is 16.6 Å². The van der Waals surface area contributed by atoms with Gasteiger partial charge in [-0.2, -0.15) is 0 Å². The van der Waals surface area contributed by atoms with Gasteiger partial charge in [-0.25, -0.2) is 4.98 Å². The van der Waals surface area contributed by atoms with Gasteiger partial charge in [0.15, 0.2) is 0 Å². The summed E-state index contributed by atoms with van der Waals surface area (Å²) >= 11 is 14.2. The molecule has 1 aromatic heterocycles. The average Bonchev–Trinajstić information content (AvgIpc) is 2.41. The van der Waals surface area contributed by atoms with E-state index in [0.717, 1.165) is 0 Å². The van der Waals surface area contributed by atoms with Crippen molar-refractivity contribution in [3.8, 4) is 0 Å². The molecular weight excluding hydrogens is 357 g/mol. The number of carbonyl (C=O) groups excluding carboxylic acids is 2. The molecule has 0 aromatic carbocycles. The van der Waals surface area contributed by atoms with E-state index in [1.165, 1.54) is 12.1 Å². The third kappa shape index (κ3) is 5.34. The molecule has 19 heavy (non-hydrogen) atoms. The molecule has 0 aliphatic rings. The second-order valence-corrected chi connectivity index (χ2v) is 5.12. The zero-order chi connectivity index (χ0) is 14.3. The molecule has 104 valence electrons. The number of aromatic nitrogens is 1. The summed E-state index contributed by atoms with van der Waals surface area (Å²) in [6.07, 6.45) is 0. The second kappa shape index (κ2) is 8.35. The van der Waals surface area contributed by atoms with Crippen molar-refractivity contribution in [1.29, 1.82) is 0 Å². The van der Waals surface area contributed by atoms with Crippen molar-refractivity contribution >= 4 is 50.9 Å². The van der Waals surface area contributed by atoms with E-state index < -0.39 is 0 Å². The molecule has 0 saturated heterocycles. The maximum atomic E-state index is 11.7. The Morgan fingerprint density at radius 3 is 1.84 bits per heavy atom. The minimum Gasteiger partial charge on any atom is -0.350 e. The number of rotatable bonds is 6. The first-order valence-corrected chi connectivity index (χ1v) is 7.30. The smallest absolute Gasteiger partial charge is 0.269 e. The predicted molar refractivity (Wildman–Crippen MR) is 78.0 cm³/mol. The molecule has 0 saturated carbocycles. The van der Waals surface area contributed by atoms with Crippen molar-refractivity contribution in [3.05, 3.63) is 28.0 Å². The van der Waals surface area contributed by atoms with Crippen molar-refractivity contribution in [1.82, 2.24) is 15.6 Å². The maximum Gasteiger partial charge on any atom is 0.269 e. The fourth-order valence-electron chi connectivity index (χ4n) is 1.23. The summed E-state index contributed by atoms with van der Waals surface area (Å²) in [4.78, 5) is 27.5. The number of pyridine rings is 1. The Balaban J connectivity index is 2.87. The quantitative estimate of drug-likeness (QED) is 0.752. The van der Waals surface area contributed by atoms with Gasteiger partial charge in [-0.15, -0.1) is 23.2 Å². The molecule has 2 N–H and O–H groups in total. The molecular formula is C11H12BrCl2N3O2. The second-order valence-electron chi connectivity index (χ2n) is 3.45. The molecule has 8 heteroatoms. The van der Waals surface area contributed by atoms with Gasteiger partial charge in [-0.1, -0.05) is 15.9 Å². The minimum absolute atomic E-state index is 0.149. The van der Waals surface area contributed by atoms with Crippen LogP contribution >= 0.6 is 39.1 Å². The van der Waals surface area contributed by atoms with Crippen molar-refractivity contribution in [2.75, 3.05) is 24.8 Å². The van der Waals surface area contributed by atoms with E-state index in [9.17, 15) is 9.59 Å². The van der Waals surface area contributed by atoms with Gasteiger partial charge in [0.1, 0.15) is 11.4 Å². The highest BCUT2D eigenvalue weighted by molar-refractivity contribution is 9.10. The van der Waals surface area contributed by atoms with Crippen molar-refractivity contribution in [2.45, 2.75) is 0 Å². The van der Waals surface area contributed by atoms with E-state index in [-0.39, 0.29) is 23.2 Å². The van der Waals surface area contributed by atoms with Crippen LogP contribution in [-0.2, 0) is 0 Å². The molecule has 0 spiro atoms. The SMILES string of the molecule is O=C(NCCCl)c1cc(Br)cc(C(=O)NCCCl)n1. The highest BCUT2D eigenvalue weighted by Crippen LogP contribution is 2.13. The summed E-state index contributed by atoms with van der Waals surface area (Å²) in [5.74, 6) is -0.146. The van der Waals surface area contributed by atoms with E-state index in [4.69, 9.17) is 23.2 Å². The summed E-state index contributed by atoms with van der Waals surface area (Å²) in [5.41, 5.74) is 0.297. The Morgan fingerprint density at radius 1 is 1.05 bits per heavy atom. The first-order chi connectivity index (χ1) is 9.08. The van der Waals surface area contributed by atoms with Crippen LogP contribution in [0.4, 0.5) is 0 Å². The molecule has 1 rings (SSSR count). The summed E-state index contributed by atoms with van der Waals surface area (Å²) < 4.78 is 0.592. The monoisotopic (exact) mass is 367 g/mol. The summed E-state index contributed by atoms with van der Waals surface area (Å²) in [7, 11) is 0. The molecule has 1 aromatic rings. The molecule has 2 amide bonds. The predicted octanol–water partition coefficient (Wildman–Crippen LogP) is 1.78. The van der Waals surface area contributed by atoms with Crippen LogP contribution in [0.5, 0.6) is 0 Å². The van der Waals surface area contributed by atoms with Gasteiger partial charge in [0.2, 0.25) is 0 Å².